The second-order valence-electron chi connectivity index (χ2n) is 13.4. The molecule has 0 amide bonds. The van der Waals surface area contributed by atoms with Crippen LogP contribution in [0.5, 0.6) is 5.75 Å². The number of aromatic nitrogens is 3. The molecular weight excluding hydrogens is 584 g/mol. The summed E-state index contributed by atoms with van der Waals surface area (Å²) in [5.41, 5.74) is 3.44. The van der Waals surface area contributed by atoms with E-state index in [0.29, 0.717) is 54.7 Å². The first kappa shape index (κ1) is 35.1. The summed E-state index contributed by atoms with van der Waals surface area (Å²) in [7, 11) is 0. The van der Waals surface area contributed by atoms with Crippen molar-refractivity contribution >= 4 is 17.4 Å². The number of carbonyl (C=O) groups is 1. The van der Waals surface area contributed by atoms with Crippen molar-refractivity contribution in [1.29, 1.82) is 0 Å². The van der Waals surface area contributed by atoms with Crippen LogP contribution in [-0.4, -0.2) is 62.7 Å². The van der Waals surface area contributed by atoms with E-state index in [0.717, 1.165) is 36.1 Å². The van der Waals surface area contributed by atoms with E-state index in [9.17, 15) is 9.90 Å². The minimum Gasteiger partial charge on any atom is -0.490 e. The molecule has 0 spiro atoms. The van der Waals surface area contributed by atoms with Gasteiger partial charge < -0.3 is 29.0 Å². The Morgan fingerprint density at radius 2 is 1.85 bits per heavy atom. The number of benzene rings is 1. The highest BCUT2D eigenvalue weighted by Gasteiger charge is 2.37. The van der Waals surface area contributed by atoms with Gasteiger partial charge in [-0.05, 0) is 67.4 Å². The summed E-state index contributed by atoms with van der Waals surface area (Å²) in [6.45, 7) is 23.5. The Morgan fingerprint density at radius 1 is 1.13 bits per heavy atom. The topological polar surface area (TPSA) is 108 Å². The quantitative estimate of drug-likeness (QED) is 0.179. The van der Waals surface area contributed by atoms with Gasteiger partial charge in [0.1, 0.15) is 11.6 Å². The van der Waals surface area contributed by atoms with Gasteiger partial charge in [0, 0.05) is 36.8 Å². The molecule has 2 atom stereocenters. The van der Waals surface area contributed by atoms with Crippen LogP contribution in [-0.2, 0) is 32.2 Å². The number of aryl methyl sites for hydroxylation is 2. The molecule has 3 aromatic rings. The number of rotatable bonds is 15. The molecule has 0 unspecified atom stereocenters. The molecule has 1 N–H and O–H groups in total. The maximum Gasteiger partial charge on any atom is 0.337 e. The molecule has 1 saturated heterocycles. The lowest BCUT2D eigenvalue weighted by Gasteiger charge is -2.41. The van der Waals surface area contributed by atoms with Crippen LogP contribution in [0.2, 0.25) is 0 Å². The summed E-state index contributed by atoms with van der Waals surface area (Å²) in [5, 5.41) is 15.3. The molecule has 1 aliphatic heterocycles. The van der Waals surface area contributed by atoms with E-state index in [4.69, 9.17) is 29.0 Å². The number of fused-ring (bicyclic) bond motifs is 1. The molecule has 1 aliphatic rings. The minimum absolute atomic E-state index is 0.00239. The molecule has 2 aromatic heterocycles. The van der Waals surface area contributed by atoms with E-state index in [1.165, 1.54) is 0 Å². The van der Waals surface area contributed by atoms with Gasteiger partial charge in [-0.1, -0.05) is 29.8 Å². The lowest BCUT2D eigenvalue weighted by atomic mass is 9.92. The summed E-state index contributed by atoms with van der Waals surface area (Å²) in [4.78, 5) is 19.7. The van der Waals surface area contributed by atoms with Crippen LogP contribution < -0.4 is 9.64 Å². The third-order valence-corrected chi connectivity index (χ3v) is 8.03. The second kappa shape index (κ2) is 14.8. The van der Waals surface area contributed by atoms with Crippen LogP contribution in [0.3, 0.4) is 0 Å². The SMILES string of the molecule is C=CCOC1(C)CCN(c2c([C@H](OC(C)(C)C)C(=O)O)c(C)nc3cc(COCc4cc(C)ccc4O[C@@H](C)CC=C)nn23)CC1. The number of ether oxygens (including phenoxy) is 4. The Hall–Kier alpha value is -3.73. The number of aliphatic carboxylic acids is 1. The van der Waals surface area contributed by atoms with Crippen molar-refractivity contribution in [3.63, 3.8) is 0 Å². The Kier molecular flexibility index (Phi) is 11.3. The fraction of sp³-hybridized carbons (Fsp3) is 0.528. The van der Waals surface area contributed by atoms with Crippen LogP contribution in [0.4, 0.5) is 5.82 Å². The molecule has 10 heteroatoms. The zero-order valence-corrected chi connectivity index (χ0v) is 28.5. The number of hydrogen-bond acceptors (Lipinski definition) is 8. The molecule has 4 rings (SSSR count). The van der Waals surface area contributed by atoms with Crippen molar-refractivity contribution in [2.75, 3.05) is 24.6 Å². The Balaban J connectivity index is 1.67. The number of carboxylic acids is 1. The van der Waals surface area contributed by atoms with E-state index in [-0.39, 0.29) is 18.3 Å². The first-order chi connectivity index (χ1) is 21.7. The maximum atomic E-state index is 12.7. The summed E-state index contributed by atoms with van der Waals surface area (Å²) in [6, 6.07) is 7.96. The predicted octanol–water partition coefficient (Wildman–Crippen LogP) is 6.91. The zero-order chi connectivity index (χ0) is 33.6. The van der Waals surface area contributed by atoms with E-state index >= 15 is 0 Å². The molecule has 46 heavy (non-hydrogen) atoms. The predicted molar refractivity (Wildman–Crippen MR) is 180 cm³/mol. The Morgan fingerprint density at radius 3 is 2.48 bits per heavy atom. The highest BCUT2D eigenvalue weighted by atomic mass is 16.5. The fourth-order valence-corrected chi connectivity index (χ4v) is 5.73. The van der Waals surface area contributed by atoms with Crippen molar-refractivity contribution in [2.24, 2.45) is 0 Å². The third-order valence-electron chi connectivity index (χ3n) is 8.03. The van der Waals surface area contributed by atoms with Gasteiger partial charge in [-0.15, -0.1) is 13.2 Å². The van der Waals surface area contributed by atoms with Gasteiger partial charge in [0.2, 0.25) is 0 Å². The van der Waals surface area contributed by atoms with Crippen molar-refractivity contribution in [2.45, 2.75) is 104 Å². The first-order valence-corrected chi connectivity index (χ1v) is 16.0. The lowest BCUT2D eigenvalue weighted by Crippen LogP contribution is -2.45. The smallest absolute Gasteiger partial charge is 0.337 e. The monoisotopic (exact) mass is 634 g/mol. The van der Waals surface area contributed by atoms with Crippen molar-refractivity contribution < 1.29 is 28.8 Å². The number of nitrogens with zero attached hydrogens (tertiary/aromatic N) is 4. The maximum absolute atomic E-state index is 12.7. The summed E-state index contributed by atoms with van der Waals surface area (Å²) in [5.74, 6) is 0.375. The Labute approximate surface area is 273 Å². The number of piperidine rings is 1. The molecule has 1 fully saturated rings. The summed E-state index contributed by atoms with van der Waals surface area (Å²) in [6.07, 6.45) is 4.63. The van der Waals surface area contributed by atoms with Crippen LogP contribution >= 0.6 is 0 Å². The van der Waals surface area contributed by atoms with Gasteiger partial charge in [0.05, 0.1) is 48.4 Å². The normalized spacial score (nSPS) is 16.3. The Bertz CT molecular complexity index is 1530. The standard InChI is InChI=1S/C36H50N4O6/c1-10-12-25(4)45-29-14-13-24(3)20-27(29)22-43-23-28-21-30-37-26(5)31(32(34(41)42)46-35(6,7)8)33(40(30)38-28)39-17-15-36(9,16-18-39)44-19-11-2/h10-11,13-14,20-21,25,32H,1-2,12,15-19,22-23H2,3-9H3,(H,41,42)/t25-,32-/m0/s1. The summed E-state index contributed by atoms with van der Waals surface area (Å²) >= 11 is 0. The van der Waals surface area contributed by atoms with Crippen molar-refractivity contribution in [3.05, 3.63) is 77.7 Å². The average molecular weight is 635 g/mol. The number of anilines is 1. The van der Waals surface area contributed by atoms with Gasteiger partial charge >= 0.3 is 5.97 Å². The molecule has 10 nitrogen and oxygen atoms in total. The van der Waals surface area contributed by atoms with Crippen LogP contribution in [0.25, 0.3) is 5.65 Å². The van der Waals surface area contributed by atoms with Gasteiger partial charge in [-0.2, -0.15) is 9.61 Å². The van der Waals surface area contributed by atoms with Crippen molar-refractivity contribution in [1.82, 2.24) is 14.6 Å². The van der Waals surface area contributed by atoms with Crippen molar-refractivity contribution in [3.8, 4) is 5.75 Å². The van der Waals surface area contributed by atoms with Crippen LogP contribution in [0, 0.1) is 13.8 Å². The van der Waals surface area contributed by atoms with E-state index in [2.05, 4.69) is 31.0 Å². The van der Waals surface area contributed by atoms with E-state index in [1.807, 2.05) is 65.8 Å². The average Bonchev–Trinajstić information content (AvgIpc) is 3.38. The molecule has 250 valence electrons. The molecule has 3 heterocycles. The van der Waals surface area contributed by atoms with Gasteiger partial charge in [0.25, 0.3) is 0 Å². The van der Waals surface area contributed by atoms with Gasteiger partial charge in [0.15, 0.2) is 11.8 Å². The minimum atomic E-state index is -1.23. The van der Waals surface area contributed by atoms with Crippen LogP contribution in [0.1, 0.15) is 88.1 Å². The zero-order valence-electron chi connectivity index (χ0n) is 28.5. The van der Waals surface area contributed by atoms with Gasteiger partial charge in [-0.25, -0.2) is 9.78 Å². The first-order valence-electron chi connectivity index (χ1n) is 16.0. The fourth-order valence-electron chi connectivity index (χ4n) is 5.73. The summed E-state index contributed by atoms with van der Waals surface area (Å²) < 4.78 is 26.3. The highest BCUT2D eigenvalue weighted by molar-refractivity contribution is 5.78. The third kappa shape index (κ3) is 8.74. The molecule has 1 aromatic carbocycles. The molecule has 0 radical (unpaired) electrons. The molecule has 0 bridgehead atoms. The number of hydrogen-bond donors (Lipinski definition) is 1. The molecule has 0 aliphatic carbocycles. The van der Waals surface area contributed by atoms with E-state index < -0.39 is 17.7 Å². The molecule has 0 saturated carbocycles. The molecular formula is C36H50N4O6. The van der Waals surface area contributed by atoms with E-state index in [1.54, 1.807) is 10.6 Å². The second-order valence-corrected chi connectivity index (χ2v) is 13.4. The largest absolute Gasteiger partial charge is 0.490 e. The number of carboxylic acid groups (broad SMARTS) is 1. The highest BCUT2D eigenvalue weighted by Crippen LogP contribution is 2.37. The lowest BCUT2D eigenvalue weighted by molar-refractivity contribution is -0.160. The van der Waals surface area contributed by atoms with Crippen LogP contribution in [0.15, 0.2) is 49.6 Å². The van der Waals surface area contributed by atoms with Gasteiger partial charge in [-0.3, -0.25) is 0 Å².